The molecule has 0 radical (unpaired) electrons. The standard InChI is InChI=1S/C18H32N2O5S/c1-2-3-14-26(24,25)20-12-8-15(9-13-20)16(21)19-18(17(22)23)10-6-4-5-7-11-18/h15H,2-14H2,1H3,(H,19,21)(H,22,23). The van der Waals surface area contributed by atoms with Gasteiger partial charge in [0.25, 0.3) is 0 Å². The Labute approximate surface area is 156 Å². The SMILES string of the molecule is CCCCS(=O)(=O)N1CCC(C(=O)NC2(C(=O)O)CCCCCC2)CC1. The third-order valence-electron chi connectivity index (χ3n) is 5.70. The van der Waals surface area contributed by atoms with E-state index in [0.717, 1.165) is 32.1 Å². The number of hydrogen-bond donors (Lipinski definition) is 2. The topological polar surface area (TPSA) is 104 Å². The first kappa shape index (κ1) is 21.2. The molecule has 1 amide bonds. The lowest BCUT2D eigenvalue weighted by Crippen LogP contribution is -2.56. The van der Waals surface area contributed by atoms with Crippen molar-refractivity contribution in [2.75, 3.05) is 18.8 Å². The third kappa shape index (κ3) is 5.19. The van der Waals surface area contributed by atoms with Crippen molar-refractivity contribution < 1.29 is 23.1 Å². The van der Waals surface area contributed by atoms with E-state index in [0.29, 0.717) is 45.2 Å². The highest BCUT2D eigenvalue weighted by molar-refractivity contribution is 7.89. The van der Waals surface area contributed by atoms with Gasteiger partial charge in [-0.3, -0.25) is 4.79 Å². The fraction of sp³-hybridized carbons (Fsp3) is 0.889. The number of sulfonamides is 1. The molecule has 1 heterocycles. The summed E-state index contributed by atoms with van der Waals surface area (Å²) in [6.07, 6.45) is 6.93. The zero-order valence-electron chi connectivity index (χ0n) is 15.7. The van der Waals surface area contributed by atoms with Crippen molar-refractivity contribution in [3.63, 3.8) is 0 Å². The number of carbonyl (C=O) groups excluding carboxylic acids is 1. The third-order valence-corrected chi connectivity index (χ3v) is 7.66. The predicted octanol–water partition coefficient (Wildman–Crippen LogP) is 2.12. The van der Waals surface area contributed by atoms with Crippen LogP contribution in [0.1, 0.15) is 71.1 Å². The molecule has 1 aliphatic carbocycles. The molecule has 1 aliphatic heterocycles. The lowest BCUT2D eigenvalue weighted by molar-refractivity contribution is -0.149. The average molecular weight is 389 g/mol. The molecule has 0 aromatic rings. The fourth-order valence-electron chi connectivity index (χ4n) is 3.91. The molecule has 150 valence electrons. The lowest BCUT2D eigenvalue weighted by Gasteiger charge is -2.34. The molecule has 1 saturated heterocycles. The second-order valence-corrected chi connectivity index (χ2v) is 9.72. The summed E-state index contributed by atoms with van der Waals surface area (Å²) in [4.78, 5) is 24.5. The molecule has 0 spiro atoms. The van der Waals surface area contributed by atoms with E-state index in [2.05, 4.69) is 5.32 Å². The zero-order valence-corrected chi connectivity index (χ0v) is 16.5. The van der Waals surface area contributed by atoms with E-state index in [-0.39, 0.29) is 17.6 Å². The first-order valence-corrected chi connectivity index (χ1v) is 11.4. The molecule has 2 aliphatic rings. The van der Waals surface area contributed by atoms with Gasteiger partial charge in [-0.25, -0.2) is 17.5 Å². The Morgan fingerprint density at radius 2 is 1.69 bits per heavy atom. The molecule has 2 N–H and O–H groups in total. The van der Waals surface area contributed by atoms with Crippen LogP contribution < -0.4 is 5.32 Å². The predicted molar refractivity (Wildman–Crippen MR) is 99.2 cm³/mol. The highest BCUT2D eigenvalue weighted by Gasteiger charge is 2.42. The highest BCUT2D eigenvalue weighted by atomic mass is 32.2. The number of carboxylic acid groups (broad SMARTS) is 1. The molecular formula is C18H32N2O5S. The molecular weight excluding hydrogens is 356 g/mol. The van der Waals surface area contributed by atoms with Gasteiger partial charge in [-0.2, -0.15) is 0 Å². The van der Waals surface area contributed by atoms with Crippen molar-refractivity contribution >= 4 is 21.9 Å². The van der Waals surface area contributed by atoms with Crippen LogP contribution in [0.3, 0.4) is 0 Å². The summed E-state index contributed by atoms with van der Waals surface area (Å²) in [6, 6.07) is 0. The van der Waals surface area contributed by atoms with Crippen LogP contribution in [0.15, 0.2) is 0 Å². The van der Waals surface area contributed by atoms with Gasteiger partial charge in [-0.15, -0.1) is 0 Å². The van der Waals surface area contributed by atoms with Crippen LogP contribution in [0.4, 0.5) is 0 Å². The van der Waals surface area contributed by atoms with Gasteiger partial charge in [0.15, 0.2) is 0 Å². The molecule has 0 aromatic heterocycles. The summed E-state index contributed by atoms with van der Waals surface area (Å²) >= 11 is 0. The summed E-state index contributed by atoms with van der Waals surface area (Å²) in [7, 11) is -3.24. The summed E-state index contributed by atoms with van der Waals surface area (Å²) < 4.78 is 26.0. The van der Waals surface area contributed by atoms with Crippen LogP contribution in [0.25, 0.3) is 0 Å². The van der Waals surface area contributed by atoms with Crippen molar-refractivity contribution in [1.82, 2.24) is 9.62 Å². The Hall–Kier alpha value is -1.15. The van der Waals surface area contributed by atoms with Gasteiger partial charge in [0, 0.05) is 19.0 Å². The second-order valence-electron chi connectivity index (χ2n) is 7.63. The molecule has 0 bridgehead atoms. The van der Waals surface area contributed by atoms with Gasteiger partial charge >= 0.3 is 5.97 Å². The van der Waals surface area contributed by atoms with Crippen LogP contribution in [0, 0.1) is 5.92 Å². The van der Waals surface area contributed by atoms with Crippen LogP contribution in [-0.4, -0.2) is 54.1 Å². The van der Waals surface area contributed by atoms with Crippen molar-refractivity contribution in [3.8, 4) is 0 Å². The van der Waals surface area contributed by atoms with E-state index in [1.807, 2.05) is 6.92 Å². The first-order chi connectivity index (χ1) is 12.3. The number of hydrogen-bond acceptors (Lipinski definition) is 4. The average Bonchev–Trinajstić information content (AvgIpc) is 2.86. The smallest absolute Gasteiger partial charge is 0.329 e. The molecule has 2 fully saturated rings. The largest absolute Gasteiger partial charge is 0.480 e. The number of piperidine rings is 1. The van der Waals surface area contributed by atoms with Crippen LogP contribution >= 0.6 is 0 Å². The van der Waals surface area contributed by atoms with Crippen molar-refractivity contribution in [2.45, 2.75) is 76.7 Å². The Bertz CT molecular complexity index is 589. The van der Waals surface area contributed by atoms with Crippen molar-refractivity contribution in [3.05, 3.63) is 0 Å². The van der Waals surface area contributed by atoms with E-state index < -0.39 is 21.5 Å². The molecule has 8 heteroatoms. The van der Waals surface area contributed by atoms with E-state index in [1.165, 1.54) is 4.31 Å². The van der Waals surface area contributed by atoms with Gasteiger partial charge in [0.05, 0.1) is 5.75 Å². The molecule has 1 saturated carbocycles. The summed E-state index contributed by atoms with van der Waals surface area (Å²) in [5.74, 6) is -1.35. The number of carbonyl (C=O) groups is 2. The van der Waals surface area contributed by atoms with Gasteiger partial charge in [-0.1, -0.05) is 39.0 Å². The number of unbranched alkanes of at least 4 members (excludes halogenated alkanes) is 1. The fourth-order valence-corrected chi connectivity index (χ4v) is 5.59. The number of aliphatic carboxylic acids is 1. The van der Waals surface area contributed by atoms with Crippen molar-refractivity contribution in [1.29, 1.82) is 0 Å². The quantitative estimate of drug-likeness (QED) is 0.650. The zero-order chi connectivity index (χ0) is 19.2. The van der Waals surface area contributed by atoms with Gasteiger partial charge < -0.3 is 10.4 Å². The number of nitrogens with zero attached hydrogens (tertiary/aromatic N) is 1. The lowest BCUT2D eigenvalue weighted by atomic mass is 9.88. The second kappa shape index (κ2) is 9.17. The number of nitrogens with one attached hydrogen (secondary N) is 1. The van der Waals surface area contributed by atoms with Crippen LogP contribution in [0.5, 0.6) is 0 Å². The van der Waals surface area contributed by atoms with E-state index >= 15 is 0 Å². The molecule has 0 aromatic carbocycles. The van der Waals surface area contributed by atoms with Crippen LogP contribution in [0.2, 0.25) is 0 Å². The van der Waals surface area contributed by atoms with E-state index in [4.69, 9.17) is 0 Å². The van der Waals surface area contributed by atoms with E-state index in [1.54, 1.807) is 0 Å². The Kier molecular flexibility index (Phi) is 7.46. The van der Waals surface area contributed by atoms with Crippen LogP contribution in [-0.2, 0) is 19.6 Å². The summed E-state index contributed by atoms with van der Waals surface area (Å²) in [6.45, 7) is 2.63. The monoisotopic (exact) mass is 388 g/mol. The number of rotatable bonds is 7. The minimum absolute atomic E-state index is 0.155. The minimum atomic E-state index is -3.24. The van der Waals surface area contributed by atoms with Gasteiger partial charge in [0.1, 0.15) is 5.54 Å². The maximum absolute atomic E-state index is 12.7. The Morgan fingerprint density at radius 3 is 2.19 bits per heavy atom. The van der Waals surface area contributed by atoms with Gasteiger partial charge in [-0.05, 0) is 32.1 Å². The molecule has 0 unspecified atom stereocenters. The normalized spacial score (nSPS) is 22.5. The Balaban J connectivity index is 1.94. The highest BCUT2D eigenvalue weighted by Crippen LogP contribution is 2.29. The number of carboxylic acids is 1. The summed E-state index contributed by atoms with van der Waals surface area (Å²) in [5.41, 5.74) is -1.15. The maximum Gasteiger partial charge on any atom is 0.329 e. The molecule has 0 atom stereocenters. The molecule has 26 heavy (non-hydrogen) atoms. The molecule has 7 nitrogen and oxygen atoms in total. The minimum Gasteiger partial charge on any atom is -0.480 e. The molecule has 2 rings (SSSR count). The van der Waals surface area contributed by atoms with Gasteiger partial charge in [0.2, 0.25) is 15.9 Å². The van der Waals surface area contributed by atoms with E-state index in [9.17, 15) is 23.1 Å². The first-order valence-electron chi connectivity index (χ1n) is 9.84. The Morgan fingerprint density at radius 1 is 1.12 bits per heavy atom. The number of amides is 1. The maximum atomic E-state index is 12.7. The summed E-state index contributed by atoms with van der Waals surface area (Å²) in [5, 5.41) is 12.5. The van der Waals surface area contributed by atoms with Crippen molar-refractivity contribution in [2.24, 2.45) is 5.92 Å².